The molecule has 0 bridgehead atoms. The van der Waals surface area contributed by atoms with Gasteiger partial charge in [0, 0.05) is 19.3 Å². The van der Waals surface area contributed by atoms with Crippen LogP contribution < -0.4 is 5.32 Å². The Balaban J connectivity index is 1.56. The predicted octanol–water partition coefficient (Wildman–Crippen LogP) is 4.17. The van der Waals surface area contributed by atoms with Gasteiger partial charge in [0.1, 0.15) is 22.9 Å². The first-order chi connectivity index (χ1) is 15.8. The molecule has 1 N–H and O–H groups in total. The maximum absolute atomic E-state index is 14.8. The number of halogens is 4. The van der Waals surface area contributed by atoms with Crippen molar-refractivity contribution in [3.05, 3.63) is 65.9 Å². The minimum absolute atomic E-state index is 0.0858. The van der Waals surface area contributed by atoms with Gasteiger partial charge < -0.3 is 10.2 Å². The van der Waals surface area contributed by atoms with Crippen molar-refractivity contribution < 1.29 is 22.4 Å². The molecule has 0 saturated carbocycles. The van der Waals surface area contributed by atoms with E-state index in [1.54, 1.807) is 11.0 Å². The third-order valence-electron chi connectivity index (χ3n) is 5.80. The van der Waals surface area contributed by atoms with Gasteiger partial charge in [0.05, 0.1) is 24.0 Å². The van der Waals surface area contributed by atoms with Gasteiger partial charge in [-0.3, -0.25) is 4.79 Å². The molecule has 1 aliphatic heterocycles. The number of benzene rings is 1. The number of nitrogens with zero attached hydrogens (tertiary/aromatic N) is 5. The normalized spacial score (nSPS) is 18.9. The van der Waals surface area contributed by atoms with E-state index in [0.29, 0.717) is 6.54 Å². The zero-order valence-corrected chi connectivity index (χ0v) is 17.8. The Morgan fingerprint density at radius 3 is 2.61 bits per heavy atom. The van der Waals surface area contributed by atoms with Crippen LogP contribution in [0.1, 0.15) is 35.7 Å². The van der Waals surface area contributed by atoms with Gasteiger partial charge in [-0.05, 0) is 43.0 Å². The highest BCUT2D eigenvalue weighted by atomic mass is 19.4. The summed E-state index contributed by atoms with van der Waals surface area (Å²) in [5, 5.41) is 11.1. The zero-order chi connectivity index (χ0) is 23.6. The summed E-state index contributed by atoms with van der Waals surface area (Å²) in [7, 11) is 0. The molecule has 1 saturated heterocycles. The van der Waals surface area contributed by atoms with E-state index in [1.807, 2.05) is 6.92 Å². The third-order valence-corrected chi connectivity index (χ3v) is 5.80. The van der Waals surface area contributed by atoms with Crippen molar-refractivity contribution in [2.45, 2.75) is 32.0 Å². The maximum atomic E-state index is 14.8. The molecule has 0 radical (unpaired) electrons. The summed E-state index contributed by atoms with van der Waals surface area (Å²) in [4.78, 5) is 20.1. The Labute approximate surface area is 187 Å². The molecular weight excluding hydrogens is 440 g/mol. The number of pyridine rings is 1. The molecule has 4 rings (SSSR count). The van der Waals surface area contributed by atoms with Crippen molar-refractivity contribution in [1.29, 1.82) is 0 Å². The van der Waals surface area contributed by atoms with Crippen molar-refractivity contribution >= 4 is 11.7 Å². The first kappa shape index (κ1) is 22.7. The fourth-order valence-electron chi connectivity index (χ4n) is 4.06. The number of amides is 1. The molecule has 1 aliphatic rings. The molecule has 7 nitrogen and oxygen atoms in total. The summed E-state index contributed by atoms with van der Waals surface area (Å²) in [5.74, 6) is -0.813. The van der Waals surface area contributed by atoms with Crippen molar-refractivity contribution in [2.24, 2.45) is 5.92 Å². The number of aromatic nitrogens is 4. The lowest BCUT2D eigenvalue weighted by Gasteiger charge is -2.40. The van der Waals surface area contributed by atoms with E-state index in [2.05, 4.69) is 20.5 Å². The number of likely N-dealkylation sites (tertiary alicyclic amines) is 1. The molecule has 2 atom stereocenters. The molecule has 11 heteroatoms. The summed E-state index contributed by atoms with van der Waals surface area (Å²) in [5.41, 5.74) is -0.727. The maximum Gasteiger partial charge on any atom is 0.417 e. The molecule has 174 valence electrons. The van der Waals surface area contributed by atoms with E-state index in [9.17, 15) is 22.4 Å². The zero-order valence-electron chi connectivity index (χ0n) is 17.8. The van der Waals surface area contributed by atoms with E-state index in [0.717, 1.165) is 25.1 Å². The highest BCUT2D eigenvalue weighted by Crippen LogP contribution is 2.30. The monoisotopic (exact) mass is 462 g/mol. The highest BCUT2D eigenvalue weighted by molar-refractivity contribution is 5.98. The number of rotatable bonds is 5. The average Bonchev–Trinajstić information content (AvgIpc) is 3.32. The Bertz CT molecular complexity index is 1100. The number of carbonyl (C=O) groups is 1. The van der Waals surface area contributed by atoms with Crippen LogP contribution in [0.3, 0.4) is 0 Å². The Morgan fingerprint density at radius 2 is 1.94 bits per heavy atom. The minimum atomic E-state index is -4.46. The molecule has 3 heterocycles. The predicted molar refractivity (Wildman–Crippen MR) is 112 cm³/mol. The minimum Gasteiger partial charge on any atom is -0.368 e. The molecule has 33 heavy (non-hydrogen) atoms. The van der Waals surface area contributed by atoms with Crippen LogP contribution in [0.15, 0.2) is 48.9 Å². The fraction of sp³-hybridized carbons (Fsp3) is 0.364. The third kappa shape index (κ3) is 4.81. The van der Waals surface area contributed by atoms with Crippen LogP contribution in [0.25, 0.3) is 5.69 Å². The quantitative estimate of drug-likeness (QED) is 0.576. The largest absolute Gasteiger partial charge is 0.417 e. The Kier molecular flexibility index (Phi) is 6.30. The van der Waals surface area contributed by atoms with Gasteiger partial charge in [-0.25, -0.2) is 9.37 Å². The summed E-state index contributed by atoms with van der Waals surface area (Å²) < 4.78 is 53.1. The Hall–Kier alpha value is -3.50. The standard InChI is InChI=1S/C22H22F4N6O/c1-14-4-3-11-31(18(14)13-28-19-8-7-15(12-27-19)22(24,25)26)21(33)20-16(23)5-2-6-17(20)32-29-9-10-30-32/h2,5-10,12,14,18H,3-4,11,13H2,1H3,(H,27,28). The second-order valence-corrected chi connectivity index (χ2v) is 7.95. The molecule has 0 spiro atoms. The number of anilines is 1. The highest BCUT2D eigenvalue weighted by Gasteiger charge is 2.35. The molecule has 2 unspecified atom stereocenters. The van der Waals surface area contributed by atoms with Crippen LogP contribution in [0.2, 0.25) is 0 Å². The number of carbonyl (C=O) groups excluding carboxylic acids is 1. The van der Waals surface area contributed by atoms with Gasteiger partial charge in [0.15, 0.2) is 0 Å². The molecule has 1 amide bonds. The van der Waals surface area contributed by atoms with E-state index in [4.69, 9.17) is 0 Å². The van der Waals surface area contributed by atoms with Gasteiger partial charge in [0.2, 0.25) is 0 Å². The van der Waals surface area contributed by atoms with Gasteiger partial charge in [0.25, 0.3) is 5.91 Å². The van der Waals surface area contributed by atoms with E-state index < -0.39 is 23.5 Å². The lowest BCUT2D eigenvalue weighted by molar-refractivity contribution is -0.137. The smallest absolute Gasteiger partial charge is 0.368 e. The number of nitrogens with one attached hydrogen (secondary N) is 1. The van der Waals surface area contributed by atoms with Crippen LogP contribution >= 0.6 is 0 Å². The molecular formula is C22H22F4N6O. The van der Waals surface area contributed by atoms with Crippen LogP contribution in [0.5, 0.6) is 0 Å². The van der Waals surface area contributed by atoms with Gasteiger partial charge in [-0.1, -0.05) is 13.0 Å². The molecule has 1 aromatic carbocycles. The first-order valence-electron chi connectivity index (χ1n) is 10.5. The SMILES string of the molecule is CC1CCCN(C(=O)c2c(F)cccc2-n2nccn2)C1CNc1ccc(C(F)(F)F)cn1. The molecule has 2 aromatic heterocycles. The fourth-order valence-corrected chi connectivity index (χ4v) is 4.06. The first-order valence-corrected chi connectivity index (χ1v) is 10.5. The van der Waals surface area contributed by atoms with Gasteiger partial charge >= 0.3 is 6.18 Å². The number of hydrogen-bond acceptors (Lipinski definition) is 5. The summed E-state index contributed by atoms with van der Waals surface area (Å²) >= 11 is 0. The molecule has 1 fully saturated rings. The lowest BCUT2D eigenvalue weighted by atomic mass is 9.90. The summed E-state index contributed by atoms with van der Waals surface area (Å²) in [6.45, 7) is 2.68. The molecule has 0 aliphatic carbocycles. The second kappa shape index (κ2) is 9.16. The topological polar surface area (TPSA) is 75.9 Å². The van der Waals surface area contributed by atoms with Crippen LogP contribution in [0.4, 0.5) is 23.4 Å². The van der Waals surface area contributed by atoms with E-state index >= 15 is 0 Å². The van der Waals surface area contributed by atoms with Crippen molar-refractivity contribution in [1.82, 2.24) is 24.9 Å². The summed E-state index contributed by atoms with van der Waals surface area (Å²) in [6.07, 6.45) is 0.788. The summed E-state index contributed by atoms with van der Waals surface area (Å²) in [6, 6.07) is 6.16. The number of hydrogen-bond donors (Lipinski definition) is 1. The number of piperidine rings is 1. The van der Waals surface area contributed by atoms with Crippen LogP contribution in [0, 0.1) is 11.7 Å². The van der Waals surface area contributed by atoms with E-state index in [1.165, 1.54) is 35.4 Å². The lowest BCUT2D eigenvalue weighted by Crippen LogP contribution is -2.51. The van der Waals surface area contributed by atoms with Crippen molar-refractivity contribution in [3.63, 3.8) is 0 Å². The van der Waals surface area contributed by atoms with Crippen LogP contribution in [-0.2, 0) is 6.18 Å². The van der Waals surface area contributed by atoms with Crippen LogP contribution in [-0.4, -0.2) is 49.9 Å². The second-order valence-electron chi connectivity index (χ2n) is 7.95. The van der Waals surface area contributed by atoms with Crippen molar-refractivity contribution in [2.75, 3.05) is 18.4 Å². The average molecular weight is 462 g/mol. The van der Waals surface area contributed by atoms with Gasteiger partial charge in [-0.15, -0.1) is 0 Å². The van der Waals surface area contributed by atoms with Gasteiger partial charge in [-0.2, -0.15) is 28.2 Å². The van der Waals surface area contributed by atoms with Crippen molar-refractivity contribution in [3.8, 4) is 5.69 Å². The van der Waals surface area contributed by atoms with E-state index in [-0.39, 0.29) is 35.6 Å². The number of alkyl halides is 3. The Morgan fingerprint density at radius 1 is 1.18 bits per heavy atom. The molecule has 3 aromatic rings.